The second kappa shape index (κ2) is 6.64. The molecule has 140 valence electrons. The molecule has 1 unspecified atom stereocenters. The van der Waals surface area contributed by atoms with Gasteiger partial charge in [0.1, 0.15) is 11.6 Å². The Morgan fingerprint density at radius 2 is 2.07 bits per heavy atom. The van der Waals surface area contributed by atoms with Gasteiger partial charge in [0.15, 0.2) is 0 Å². The first-order valence-corrected chi connectivity index (χ1v) is 9.14. The molecule has 3 aromatic rings. The fraction of sp³-hybridized carbons (Fsp3) is 0.400. The van der Waals surface area contributed by atoms with E-state index in [2.05, 4.69) is 5.16 Å². The van der Waals surface area contributed by atoms with Gasteiger partial charge in [-0.2, -0.15) is 0 Å². The lowest BCUT2D eigenvalue weighted by atomic mass is 10.1. The number of hydrogen-bond acceptors (Lipinski definition) is 5. The summed E-state index contributed by atoms with van der Waals surface area (Å²) in [5.74, 6) is 1.32. The third kappa shape index (κ3) is 2.93. The van der Waals surface area contributed by atoms with Crippen molar-refractivity contribution in [1.82, 2.24) is 19.6 Å². The molecule has 3 heterocycles. The number of nitrogens with zero attached hydrogens (tertiary/aromatic N) is 4. The molecule has 1 fully saturated rings. The highest BCUT2D eigenvalue weighted by Gasteiger charge is 2.33. The minimum atomic E-state index is -0.194. The second-order valence-electron chi connectivity index (χ2n) is 7.08. The Bertz CT molecular complexity index is 1060. The predicted molar refractivity (Wildman–Crippen MR) is 100 cm³/mol. The Kier molecular flexibility index (Phi) is 4.30. The van der Waals surface area contributed by atoms with E-state index in [1.807, 2.05) is 36.9 Å². The Balaban J connectivity index is 1.69. The van der Waals surface area contributed by atoms with E-state index in [0.717, 1.165) is 24.1 Å². The fourth-order valence-corrected chi connectivity index (χ4v) is 3.87. The molecule has 2 aromatic heterocycles. The lowest BCUT2D eigenvalue weighted by Gasteiger charge is -2.26. The lowest BCUT2D eigenvalue weighted by molar-refractivity contribution is -0.131. The highest BCUT2D eigenvalue weighted by molar-refractivity contribution is 5.80. The maximum absolute atomic E-state index is 13.0. The molecule has 1 saturated heterocycles. The Hall–Kier alpha value is -2.96. The molecule has 0 saturated carbocycles. The molecular weight excluding hydrogens is 344 g/mol. The van der Waals surface area contributed by atoms with Crippen molar-refractivity contribution in [2.45, 2.75) is 39.2 Å². The fourth-order valence-electron chi connectivity index (χ4n) is 3.87. The van der Waals surface area contributed by atoms with Gasteiger partial charge in [0, 0.05) is 19.2 Å². The second-order valence-corrected chi connectivity index (χ2v) is 7.08. The summed E-state index contributed by atoms with van der Waals surface area (Å²) in [6, 6.07) is 7.13. The molecule has 7 heteroatoms. The highest BCUT2D eigenvalue weighted by Crippen LogP contribution is 2.31. The van der Waals surface area contributed by atoms with Crippen LogP contribution in [-0.4, -0.2) is 32.1 Å². The lowest BCUT2D eigenvalue weighted by Crippen LogP contribution is -2.35. The van der Waals surface area contributed by atoms with Crippen LogP contribution in [0.15, 0.2) is 33.6 Å². The molecule has 0 spiro atoms. The van der Waals surface area contributed by atoms with Crippen molar-refractivity contribution < 1.29 is 9.32 Å². The number of carbonyl (C=O) groups is 1. The van der Waals surface area contributed by atoms with E-state index >= 15 is 0 Å². The van der Waals surface area contributed by atoms with E-state index in [1.165, 1.54) is 0 Å². The molecule has 1 atom stereocenters. The highest BCUT2D eigenvalue weighted by atomic mass is 16.5. The van der Waals surface area contributed by atoms with Crippen molar-refractivity contribution in [1.29, 1.82) is 0 Å². The molecule has 1 amide bonds. The number of amides is 1. The first-order valence-electron chi connectivity index (χ1n) is 9.14. The zero-order chi connectivity index (χ0) is 19.1. The Morgan fingerprint density at radius 3 is 2.81 bits per heavy atom. The van der Waals surface area contributed by atoms with Crippen molar-refractivity contribution >= 4 is 16.8 Å². The monoisotopic (exact) mass is 366 g/mol. The van der Waals surface area contributed by atoms with Crippen LogP contribution < -0.4 is 5.56 Å². The molecule has 0 radical (unpaired) electrons. The zero-order valence-corrected chi connectivity index (χ0v) is 15.7. The zero-order valence-electron chi connectivity index (χ0n) is 15.7. The van der Waals surface area contributed by atoms with Gasteiger partial charge in [-0.05, 0) is 38.8 Å². The molecule has 0 aliphatic carbocycles. The summed E-state index contributed by atoms with van der Waals surface area (Å²) in [4.78, 5) is 32.3. The van der Waals surface area contributed by atoms with E-state index in [4.69, 9.17) is 9.51 Å². The minimum absolute atomic E-state index is 0.00862. The van der Waals surface area contributed by atoms with Gasteiger partial charge in [0.25, 0.3) is 5.56 Å². The van der Waals surface area contributed by atoms with Crippen LogP contribution in [0.3, 0.4) is 0 Å². The molecular formula is C20H22N4O3. The molecule has 1 aliphatic heterocycles. The van der Waals surface area contributed by atoms with E-state index in [-0.39, 0.29) is 23.9 Å². The quantitative estimate of drug-likeness (QED) is 0.711. The minimum Gasteiger partial charge on any atom is -0.361 e. The molecule has 7 nitrogen and oxygen atoms in total. The standard InChI is InChI=1S/C20H22N4O3/c1-12-15(13(2)27-22-12)11-18(25)24-10-6-9-17(24)19-21-16-8-5-4-7-14(16)20(26)23(19)3/h4-5,7-8,17H,6,9-11H2,1-3H3. The summed E-state index contributed by atoms with van der Waals surface area (Å²) >= 11 is 0. The molecule has 4 rings (SSSR count). The Morgan fingerprint density at radius 1 is 1.30 bits per heavy atom. The molecule has 0 N–H and O–H groups in total. The van der Waals surface area contributed by atoms with E-state index in [0.29, 0.717) is 29.0 Å². The van der Waals surface area contributed by atoms with Crippen LogP contribution in [0.2, 0.25) is 0 Å². The van der Waals surface area contributed by atoms with Crippen LogP contribution in [0.5, 0.6) is 0 Å². The van der Waals surface area contributed by atoms with Gasteiger partial charge in [-0.15, -0.1) is 0 Å². The Labute approximate surface area is 156 Å². The number of carbonyl (C=O) groups excluding carboxylic acids is 1. The normalized spacial score (nSPS) is 17.0. The van der Waals surface area contributed by atoms with Crippen LogP contribution in [0, 0.1) is 13.8 Å². The molecule has 0 bridgehead atoms. The van der Waals surface area contributed by atoms with Gasteiger partial charge in [-0.25, -0.2) is 4.98 Å². The van der Waals surface area contributed by atoms with Crippen molar-refractivity contribution in [2.24, 2.45) is 7.05 Å². The van der Waals surface area contributed by atoms with E-state index < -0.39 is 0 Å². The third-order valence-electron chi connectivity index (χ3n) is 5.40. The largest absolute Gasteiger partial charge is 0.361 e. The number of likely N-dealkylation sites (tertiary alicyclic amines) is 1. The first-order chi connectivity index (χ1) is 13.0. The maximum Gasteiger partial charge on any atom is 0.261 e. The number of aryl methyl sites for hydroxylation is 2. The van der Waals surface area contributed by atoms with Crippen molar-refractivity contribution in [2.75, 3.05) is 6.54 Å². The smallest absolute Gasteiger partial charge is 0.261 e. The maximum atomic E-state index is 13.0. The summed E-state index contributed by atoms with van der Waals surface area (Å²) in [5, 5.41) is 4.52. The van der Waals surface area contributed by atoms with Crippen molar-refractivity contribution in [3.63, 3.8) is 0 Å². The predicted octanol–water partition coefficient (Wildman–Crippen LogP) is 2.44. The molecule has 1 aliphatic rings. The molecule has 27 heavy (non-hydrogen) atoms. The number of rotatable bonds is 3. The topological polar surface area (TPSA) is 81.2 Å². The van der Waals surface area contributed by atoms with Crippen LogP contribution in [0.1, 0.15) is 41.7 Å². The van der Waals surface area contributed by atoms with Crippen LogP contribution in [-0.2, 0) is 18.3 Å². The summed E-state index contributed by atoms with van der Waals surface area (Å²) < 4.78 is 6.75. The van der Waals surface area contributed by atoms with Crippen LogP contribution in [0.25, 0.3) is 10.9 Å². The first kappa shape index (κ1) is 17.5. The van der Waals surface area contributed by atoms with Crippen LogP contribution >= 0.6 is 0 Å². The van der Waals surface area contributed by atoms with Gasteiger partial charge in [0.2, 0.25) is 5.91 Å². The SMILES string of the molecule is Cc1noc(C)c1CC(=O)N1CCCC1c1nc2ccccc2c(=O)n1C. The number of hydrogen-bond donors (Lipinski definition) is 0. The molecule has 1 aromatic carbocycles. The van der Waals surface area contributed by atoms with Gasteiger partial charge in [-0.3, -0.25) is 14.2 Å². The van der Waals surface area contributed by atoms with Crippen LogP contribution in [0.4, 0.5) is 0 Å². The van der Waals surface area contributed by atoms with Crippen molar-refractivity contribution in [3.8, 4) is 0 Å². The number of fused-ring (bicyclic) bond motifs is 1. The average molecular weight is 366 g/mol. The number of para-hydroxylation sites is 1. The van der Waals surface area contributed by atoms with Gasteiger partial charge in [-0.1, -0.05) is 17.3 Å². The number of benzene rings is 1. The summed E-state index contributed by atoms with van der Waals surface area (Å²) in [6.07, 6.45) is 1.94. The third-order valence-corrected chi connectivity index (χ3v) is 5.40. The van der Waals surface area contributed by atoms with Gasteiger partial charge in [0.05, 0.1) is 29.1 Å². The summed E-state index contributed by atoms with van der Waals surface area (Å²) in [6.45, 7) is 4.32. The van der Waals surface area contributed by atoms with E-state index in [9.17, 15) is 9.59 Å². The summed E-state index contributed by atoms with van der Waals surface area (Å²) in [5.41, 5.74) is 2.17. The number of aromatic nitrogens is 3. The van der Waals surface area contributed by atoms with Gasteiger partial charge < -0.3 is 9.42 Å². The summed E-state index contributed by atoms with van der Waals surface area (Å²) in [7, 11) is 1.73. The average Bonchev–Trinajstić information content (AvgIpc) is 3.27. The van der Waals surface area contributed by atoms with E-state index in [1.54, 1.807) is 17.7 Å². The van der Waals surface area contributed by atoms with Crippen molar-refractivity contribution in [3.05, 3.63) is 57.5 Å². The van der Waals surface area contributed by atoms with Gasteiger partial charge >= 0.3 is 0 Å².